The van der Waals surface area contributed by atoms with Crippen LogP contribution in [0, 0.1) is 0 Å². The number of para-hydroxylation sites is 1. The smallest absolute Gasteiger partial charge is 0.261 e. The van der Waals surface area contributed by atoms with Crippen molar-refractivity contribution in [2.24, 2.45) is 0 Å². The molecule has 1 unspecified atom stereocenters. The van der Waals surface area contributed by atoms with Crippen molar-refractivity contribution < 1.29 is 13.7 Å². The molecule has 0 radical (unpaired) electrons. The Balaban J connectivity index is 1.41. The lowest BCUT2D eigenvalue weighted by Gasteiger charge is -2.21. The molecule has 30 heavy (non-hydrogen) atoms. The Morgan fingerprint density at radius 3 is 2.80 bits per heavy atom. The molecule has 0 saturated carbocycles. The number of benzene rings is 2. The molecule has 0 aliphatic carbocycles. The van der Waals surface area contributed by atoms with Gasteiger partial charge < -0.3 is 10.1 Å². The minimum Gasteiger partial charge on any atom is -0.381 e. The molecule has 1 N–H and O–H groups in total. The van der Waals surface area contributed by atoms with Gasteiger partial charge in [-0.15, -0.1) is 0 Å². The summed E-state index contributed by atoms with van der Waals surface area (Å²) in [5.74, 6) is 0.125. The fourth-order valence-corrected chi connectivity index (χ4v) is 5.00. The van der Waals surface area contributed by atoms with Crippen LogP contribution in [0.4, 0.5) is 5.69 Å². The highest BCUT2D eigenvalue weighted by Gasteiger charge is 2.20. The zero-order valence-electron chi connectivity index (χ0n) is 16.5. The monoisotopic (exact) mass is 425 g/mol. The van der Waals surface area contributed by atoms with Gasteiger partial charge in [-0.3, -0.25) is 18.4 Å². The molecule has 1 saturated heterocycles. The molecule has 1 aromatic heterocycles. The lowest BCUT2D eigenvalue weighted by Crippen LogP contribution is -2.28. The van der Waals surface area contributed by atoms with E-state index in [0.717, 1.165) is 18.4 Å². The molecule has 7 nitrogen and oxygen atoms in total. The molecule has 2 aromatic carbocycles. The van der Waals surface area contributed by atoms with Crippen LogP contribution in [0.15, 0.2) is 59.7 Å². The maximum absolute atomic E-state index is 12.6. The average molecular weight is 426 g/mol. The molecule has 1 fully saturated rings. The van der Waals surface area contributed by atoms with E-state index in [1.54, 1.807) is 24.3 Å². The number of amides is 1. The highest BCUT2D eigenvalue weighted by Crippen LogP contribution is 2.19. The van der Waals surface area contributed by atoms with Gasteiger partial charge in [0.05, 0.1) is 17.2 Å². The van der Waals surface area contributed by atoms with Crippen molar-refractivity contribution in [2.75, 3.05) is 18.5 Å². The van der Waals surface area contributed by atoms with Crippen LogP contribution < -0.4 is 10.9 Å². The second kappa shape index (κ2) is 9.32. The third-order valence-electron chi connectivity index (χ3n) is 5.11. The highest BCUT2D eigenvalue weighted by molar-refractivity contribution is 7.84. The normalized spacial score (nSPS) is 15.7. The van der Waals surface area contributed by atoms with Crippen molar-refractivity contribution in [2.45, 2.75) is 30.4 Å². The molecule has 1 amide bonds. The first-order valence-electron chi connectivity index (χ1n) is 9.88. The summed E-state index contributed by atoms with van der Waals surface area (Å²) >= 11 is 0. The molecule has 0 bridgehead atoms. The molecule has 4 rings (SSSR count). The van der Waals surface area contributed by atoms with E-state index in [1.165, 1.54) is 10.9 Å². The Morgan fingerprint density at radius 2 is 1.97 bits per heavy atom. The van der Waals surface area contributed by atoms with Gasteiger partial charge in [-0.1, -0.05) is 24.3 Å². The first-order chi connectivity index (χ1) is 14.6. The Bertz CT molecular complexity index is 1140. The van der Waals surface area contributed by atoms with Gasteiger partial charge >= 0.3 is 0 Å². The predicted octanol–water partition coefficient (Wildman–Crippen LogP) is 2.46. The van der Waals surface area contributed by atoms with Crippen LogP contribution in [0.25, 0.3) is 10.9 Å². The zero-order chi connectivity index (χ0) is 20.9. The number of hydrogen-bond acceptors (Lipinski definition) is 5. The van der Waals surface area contributed by atoms with E-state index in [9.17, 15) is 13.8 Å². The van der Waals surface area contributed by atoms with Gasteiger partial charge in [0.2, 0.25) is 5.91 Å². The van der Waals surface area contributed by atoms with Crippen molar-refractivity contribution in [1.82, 2.24) is 9.55 Å². The van der Waals surface area contributed by atoms with Crippen LogP contribution in [0.5, 0.6) is 0 Å². The van der Waals surface area contributed by atoms with Gasteiger partial charge in [0.25, 0.3) is 5.56 Å². The van der Waals surface area contributed by atoms with Gasteiger partial charge in [0.1, 0.15) is 6.54 Å². The summed E-state index contributed by atoms with van der Waals surface area (Å²) in [6, 6.07) is 14.4. The number of nitrogens with zero attached hydrogens (tertiary/aromatic N) is 2. The minimum absolute atomic E-state index is 0.130. The van der Waals surface area contributed by atoms with E-state index >= 15 is 0 Å². The molecule has 156 valence electrons. The molecule has 1 aliphatic heterocycles. The van der Waals surface area contributed by atoms with E-state index < -0.39 is 10.8 Å². The molecule has 3 aromatic rings. The van der Waals surface area contributed by atoms with Crippen LogP contribution in [-0.4, -0.2) is 38.1 Å². The SMILES string of the molecule is O=C(Cn1cnc2ccccc2c1=O)Nc1cccc(CS(=O)C2CCOCC2)c1. The first-order valence-corrected chi connectivity index (χ1v) is 11.3. The first kappa shape index (κ1) is 20.4. The van der Waals surface area contributed by atoms with Gasteiger partial charge in [-0.05, 0) is 42.7 Å². The molecule has 1 atom stereocenters. The molecular weight excluding hydrogens is 402 g/mol. The number of carbonyl (C=O) groups excluding carboxylic acids is 1. The number of carbonyl (C=O) groups is 1. The van der Waals surface area contributed by atoms with E-state index in [4.69, 9.17) is 4.74 Å². The summed E-state index contributed by atoms with van der Waals surface area (Å²) in [5, 5.41) is 3.45. The van der Waals surface area contributed by atoms with Crippen LogP contribution in [0.2, 0.25) is 0 Å². The van der Waals surface area contributed by atoms with Gasteiger partial charge in [-0.2, -0.15) is 0 Å². The quantitative estimate of drug-likeness (QED) is 0.655. The number of aromatic nitrogens is 2. The number of anilines is 1. The Hall–Kier alpha value is -2.84. The maximum atomic E-state index is 12.6. The summed E-state index contributed by atoms with van der Waals surface area (Å²) in [7, 11) is -0.973. The van der Waals surface area contributed by atoms with E-state index in [1.807, 2.05) is 24.3 Å². The Kier molecular flexibility index (Phi) is 6.35. The van der Waals surface area contributed by atoms with Gasteiger partial charge in [0.15, 0.2) is 0 Å². The molecule has 8 heteroatoms. The molecule has 2 heterocycles. The predicted molar refractivity (Wildman–Crippen MR) is 117 cm³/mol. The third-order valence-corrected chi connectivity index (χ3v) is 6.94. The molecule has 1 aliphatic rings. The van der Waals surface area contributed by atoms with Crippen molar-refractivity contribution >= 4 is 33.3 Å². The Morgan fingerprint density at radius 1 is 1.17 bits per heavy atom. The number of fused-ring (bicyclic) bond motifs is 1. The number of nitrogens with one attached hydrogen (secondary N) is 1. The van der Waals surface area contributed by atoms with Crippen molar-refractivity contribution in [3.05, 3.63) is 70.8 Å². The average Bonchev–Trinajstić information content (AvgIpc) is 2.77. The summed E-state index contributed by atoms with van der Waals surface area (Å²) in [4.78, 5) is 29.3. The standard InChI is InChI=1S/C22H23N3O4S/c26-21(13-25-15-23-20-7-2-1-6-19(20)22(25)27)24-17-5-3-4-16(12-17)14-30(28)18-8-10-29-11-9-18/h1-7,12,15,18H,8-11,13-14H2,(H,24,26). The lowest BCUT2D eigenvalue weighted by atomic mass is 10.2. The van der Waals surface area contributed by atoms with Crippen LogP contribution >= 0.6 is 0 Å². The largest absolute Gasteiger partial charge is 0.381 e. The highest BCUT2D eigenvalue weighted by atomic mass is 32.2. The second-order valence-electron chi connectivity index (χ2n) is 7.28. The Labute approximate surface area is 176 Å². The van der Waals surface area contributed by atoms with E-state index in [0.29, 0.717) is 35.6 Å². The van der Waals surface area contributed by atoms with Gasteiger partial charge in [0, 0.05) is 40.7 Å². The summed E-state index contributed by atoms with van der Waals surface area (Å²) in [6.45, 7) is 1.19. The van der Waals surface area contributed by atoms with Crippen molar-refractivity contribution in [3.8, 4) is 0 Å². The topological polar surface area (TPSA) is 90.3 Å². The fourth-order valence-electron chi connectivity index (χ4n) is 3.53. The molecule has 0 spiro atoms. The van der Waals surface area contributed by atoms with Crippen molar-refractivity contribution in [1.29, 1.82) is 0 Å². The van der Waals surface area contributed by atoms with Gasteiger partial charge in [-0.25, -0.2) is 4.98 Å². The number of ether oxygens (including phenoxy) is 1. The maximum Gasteiger partial charge on any atom is 0.261 e. The summed E-state index contributed by atoms with van der Waals surface area (Å²) in [6.07, 6.45) is 3.02. The fraction of sp³-hybridized carbons (Fsp3) is 0.318. The van der Waals surface area contributed by atoms with Crippen LogP contribution in [0.3, 0.4) is 0 Å². The molecular formula is C22H23N3O4S. The van der Waals surface area contributed by atoms with Crippen LogP contribution in [0.1, 0.15) is 18.4 Å². The van der Waals surface area contributed by atoms with E-state index in [2.05, 4.69) is 10.3 Å². The minimum atomic E-state index is -0.973. The zero-order valence-corrected chi connectivity index (χ0v) is 17.3. The lowest BCUT2D eigenvalue weighted by molar-refractivity contribution is -0.116. The second-order valence-corrected chi connectivity index (χ2v) is 9.00. The van der Waals surface area contributed by atoms with Crippen LogP contribution in [-0.2, 0) is 32.6 Å². The summed E-state index contributed by atoms with van der Waals surface area (Å²) < 4.78 is 19.2. The number of hydrogen-bond donors (Lipinski definition) is 1. The third kappa shape index (κ3) is 4.83. The number of rotatable bonds is 6. The summed E-state index contributed by atoms with van der Waals surface area (Å²) in [5.41, 5.74) is 1.87. The van der Waals surface area contributed by atoms with E-state index in [-0.39, 0.29) is 23.3 Å². The van der Waals surface area contributed by atoms with Crippen molar-refractivity contribution in [3.63, 3.8) is 0 Å².